The monoisotopic (exact) mass is 287 g/mol. The fourth-order valence-corrected chi connectivity index (χ4v) is 2.30. The lowest BCUT2D eigenvalue weighted by Crippen LogP contribution is -2.24. The molecule has 0 amide bonds. The summed E-state index contributed by atoms with van der Waals surface area (Å²) in [6.07, 6.45) is 4.71. The Morgan fingerprint density at radius 1 is 1.14 bits per heavy atom. The highest BCUT2D eigenvalue weighted by atomic mass is 16.5. The van der Waals surface area contributed by atoms with Crippen molar-refractivity contribution in [3.05, 3.63) is 54.0 Å². The van der Waals surface area contributed by atoms with E-state index in [1.807, 2.05) is 18.2 Å². The van der Waals surface area contributed by atoms with Crippen LogP contribution in [0.3, 0.4) is 0 Å². The van der Waals surface area contributed by atoms with Gasteiger partial charge in [0.2, 0.25) is 0 Å². The first-order chi connectivity index (χ1) is 10.3. The van der Waals surface area contributed by atoms with Gasteiger partial charge in [0, 0.05) is 12.5 Å². The number of ether oxygens (including phenoxy) is 1. The second-order valence-electron chi connectivity index (χ2n) is 5.21. The van der Waals surface area contributed by atoms with Crippen molar-refractivity contribution >= 4 is 0 Å². The third kappa shape index (κ3) is 4.94. The first kappa shape index (κ1) is 15.6. The van der Waals surface area contributed by atoms with E-state index in [0.717, 1.165) is 43.9 Å². The summed E-state index contributed by atoms with van der Waals surface area (Å²) < 4.78 is 11.2. The van der Waals surface area contributed by atoms with Gasteiger partial charge < -0.3 is 14.5 Å². The average Bonchev–Trinajstić information content (AvgIpc) is 3.02. The maximum Gasteiger partial charge on any atom is 0.119 e. The van der Waals surface area contributed by atoms with Crippen molar-refractivity contribution in [2.75, 3.05) is 13.2 Å². The van der Waals surface area contributed by atoms with Gasteiger partial charge in [-0.3, -0.25) is 0 Å². The molecule has 114 valence electrons. The molecule has 0 aliphatic heterocycles. The Morgan fingerprint density at radius 3 is 2.76 bits per heavy atom. The van der Waals surface area contributed by atoms with Crippen LogP contribution in [0.25, 0.3) is 0 Å². The molecular formula is C18H25NO2. The van der Waals surface area contributed by atoms with Crippen LogP contribution >= 0.6 is 0 Å². The molecule has 0 radical (unpaired) electrons. The zero-order valence-corrected chi connectivity index (χ0v) is 13.0. The Hall–Kier alpha value is -1.74. The van der Waals surface area contributed by atoms with Crippen LogP contribution in [0.2, 0.25) is 0 Å². The SMILES string of the molecule is CCCNC(Cc1ccco1)c1cccc(OCCC)c1. The van der Waals surface area contributed by atoms with Gasteiger partial charge in [-0.05, 0) is 49.2 Å². The lowest BCUT2D eigenvalue weighted by Gasteiger charge is -2.19. The summed E-state index contributed by atoms with van der Waals surface area (Å²) in [6.45, 7) is 6.05. The van der Waals surface area contributed by atoms with Crippen LogP contribution in [0.15, 0.2) is 47.1 Å². The van der Waals surface area contributed by atoms with Crippen LogP contribution < -0.4 is 10.1 Å². The fraction of sp³-hybridized carbons (Fsp3) is 0.444. The van der Waals surface area contributed by atoms with Crippen LogP contribution in [-0.4, -0.2) is 13.2 Å². The minimum Gasteiger partial charge on any atom is -0.494 e. The smallest absolute Gasteiger partial charge is 0.119 e. The van der Waals surface area contributed by atoms with Crippen molar-refractivity contribution in [2.45, 2.75) is 39.2 Å². The van der Waals surface area contributed by atoms with E-state index in [0.29, 0.717) is 0 Å². The molecule has 0 saturated heterocycles. The minimum absolute atomic E-state index is 0.251. The van der Waals surface area contributed by atoms with Gasteiger partial charge in [0.15, 0.2) is 0 Å². The van der Waals surface area contributed by atoms with E-state index < -0.39 is 0 Å². The van der Waals surface area contributed by atoms with Gasteiger partial charge in [-0.25, -0.2) is 0 Å². The summed E-state index contributed by atoms with van der Waals surface area (Å²) in [4.78, 5) is 0. The lowest BCUT2D eigenvalue weighted by atomic mass is 10.0. The van der Waals surface area contributed by atoms with Gasteiger partial charge in [0.25, 0.3) is 0 Å². The van der Waals surface area contributed by atoms with Crippen molar-refractivity contribution in [1.29, 1.82) is 0 Å². The quantitative estimate of drug-likeness (QED) is 0.744. The first-order valence-corrected chi connectivity index (χ1v) is 7.82. The standard InChI is InChI=1S/C18H25NO2/c1-3-10-19-18(14-17-9-6-12-21-17)15-7-5-8-16(13-15)20-11-4-2/h5-9,12-13,18-19H,3-4,10-11,14H2,1-2H3. The molecule has 0 aliphatic rings. The van der Waals surface area contributed by atoms with E-state index in [9.17, 15) is 0 Å². The molecule has 1 aromatic heterocycles. The number of furan rings is 1. The van der Waals surface area contributed by atoms with Gasteiger partial charge in [-0.1, -0.05) is 26.0 Å². The minimum atomic E-state index is 0.251. The first-order valence-electron chi connectivity index (χ1n) is 7.82. The summed E-state index contributed by atoms with van der Waals surface area (Å²) in [5, 5.41) is 3.59. The highest BCUT2D eigenvalue weighted by Crippen LogP contribution is 2.23. The molecule has 3 heteroatoms. The Balaban J connectivity index is 2.11. The largest absolute Gasteiger partial charge is 0.494 e. The molecule has 0 aliphatic carbocycles. The molecule has 0 saturated carbocycles. The maximum atomic E-state index is 5.73. The number of rotatable bonds is 9. The molecule has 2 rings (SSSR count). The Bertz CT molecular complexity index is 508. The van der Waals surface area contributed by atoms with Gasteiger partial charge in [-0.2, -0.15) is 0 Å². The van der Waals surface area contributed by atoms with Gasteiger partial charge in [0.1, 0.15) is 11.5 Å². The van der Waals surface area contributed by atoms with Crippen LogP contribution in [-0.2, 0) is 6.42 Å². The third-order valence-electron chi connectivity index (χ3n) is 3.36. The zero-order valence-electron chi connectivity index (χ0n) is 13.0. The molecule has 1 heterocycles. The average molecular weight is 287 g/mol. The van der Waals surface area contributed by atoms with E-state index in [1.165, 1.54) is 5.56 Å². The topological polar surface area (TPSA) is 34.4 Å². The van der Waals surface area contributed by atoms with Crippen molar-refractivity contribution in [3.8, 4) is 5.75 Å². The van der Waals surface area contributed by atoms with Crippen LogP contribution in [0.4, 0.5) is 0 Å². The van der Waals surface area contributed by atoms with E-state index in [4.69, 9.17) is 9.15 Å². The molecule has 2 aromatic rings. The Kier molecular flexibility index (Phi) is 6.35. The molecule has 1 aromatic carbocycles. The van der Waals surface area contributed by atoms with E-state index in [2.05, 4.69) is 37.4 Å². The molecule has 3 nitrogen and oxygen atoms in total. The number of nitrogens with one attached hydrogen (secondary N) is 1. The van der Waals surface area contributed by atoms with E-state index in [1.54, 1.807) is 6.26 Å². The lowest BCUT2D eigenvalue weighted by molar-refractivity contribution is 0.316. The second kappa shape index (κ2) is 8.53. The summed E-state index contributed by atoms with van der Waals surface area (Å²) in [5.74, 6) is 1.94. The molecule has 1 N–H and O–H groups in total. The highest BCUT2D eigenvalue weighted by Gasteiger charge is 2.13. The Labute approximate surface area is 127 Å². The second-order valence-corrected chi connectivity index (χ2v) is 5.21. The molecular weight excluding hydrogens is 262 g/mol. The van der Waals surface area contributed by atoms with Gasteiger partial charge in [-0.15, -0.1) is 0 Å². The zero-order chi connectivity index (χ0) is 14.9. The van der Waals surface area contributed by atoms with Crippen molar-refractivity contribution < 1.29 is 9.15 Å². The van der Waals surface area contributed by atoms with Crippen LogP contribution in [0.1, 0.15) is 44.1 Å². The predicted molar refractivity (Wildman–Crippen MR) is 85.7 cm³/mol. The molecule has 0 spiro atoms. The predicted octanol–water partition coefficient (Wildman–Crippen LogP) is 4.35. The summed E-state index contributed by atoms with van der Waals surface area (Å²) >= 11 is 0. The third-order valence-corrected chi connectivity index (χ3v) is 3.36. The number of hydrogen-bond donors (Lipinski definition) is 1. The molecule has 1 atom stereocenters. The van der Waals surface area contributed by atoms with Gasteiger partial charge >= 0.3 is 0 Å². The maximum absolute atomic E-state index is 5.73. The molecule has 21 heavy (non-hydrogen) atoms. The molecule has 0 bridgehead atoms. The van der Waals surface area contributed by atoms with Crippen LogP contribution in [0, 0.1) is 0 Å². The van der Waals surface area contributed by atoms with Crippen molar-refractivity contribution in [2.24, 2.45) is 0 Å². The van der Waals surface area contributed by atoms with Gasteiger partial charge in [0.05, 0.1) is 12.9 Å². The molecule has 0 fully saturated rings. The van der Waals surface area contributed by atoms with E-state index in [-0.39, 0.29) is 6.04 Å². The fourth-order valence-electron chi connectivity index (χ4n) is 2.30. The summed E-state index contributed by atoms with van der Waals surface area (Å²) in [7, 11) is 0. The molecule has 1 unspecified atom stereocenters. The summed E-state index contributed by atoms with van der Waals surface area (Å²) in [6, 6.07) is 12.6. The Morgan fingerprint density at radius 2 is 2.05 bits per heavy atom. The number of hydrogen-bond acceptors (Lipinski definition) is 3. The van der Waals surface area contributed by atoms with Crippen molar-refractivity contribution in [3.63, 3.8) is 0 Å². The van der Waals surface area contributed by atoms with Crippen molar-refractivity contribution in [1.82, 2.24) is 5.32 Å². The highest BCUT2D eigenvalue weighted by molar-refractivity contribution is 5.31. The summed E-state index contributed by atoms with van der Waals surface area (Å²) in [5.41, 5.74) is 1.24. The van der Waals surface area contributed by atoms with E-state index >= 15 is 0 Å². The normalized spacial score (nSPS) is 12.3. The van der Waals surface area contributed by atoms with Crippen LogP contribution in [0.5, 0.6) is 5.75 Å². The number of benzene rings is 1.